The minimum Gasteiger partial charge on any atom is -0.496 e. The molecule has 1 aromatic carbocycles. The summed E-state index contributed by atoms with van der Waals surface area (Å²) in [5, 5.41) is 0. The Labute approximate surface area is 93.3 Å². The van der Waals surface area contributed by atoms with Gasteiger partial charge >= 0.3 is 0 Å². The number of ether oxygens (including phenoxy) is 1. The van der Waals surface area contributed by atoms with Crippen LogP contribution in [0.4, 0.5) is 5.69 Å². The molecule has 5 nitrogen and oxygen atoms in total. The number of benzene rings is 1. The zero-order chi connectivity index (χ0) is 12.1. The lowest BCUT2D eigenvalue weighted by molar-refractivity contribution is 0.0824. The lowest BCUT2D eigenvalue weighted by Gasteiger charge is -2.13. The average Bonchev–Trinajstić information content (AvgIpc) is 2.28. The van der Waals surface area contributed by atoms with E-state index in [9.17, 15) is 9.59 Å². The number of aliphatic imine (C=N–C) groups is 1. The van der Waals surface area contributed by atoms with Crippen molar-refractivity contribution >= 4 is 17.7 Å². The number of hydrogen-bond donors (Lipinski definition) is 0. The molecule has 0 aliphatic heterocycles. The summed E-state index contributed by atoms with van der Waals surface area (Å²) in [4.78, 5) is 26.8. The van der Waals surface area contributed by atoms with Crippen molar-refractivity contribution < 1.29 is 14.3 Å². The molecule has 5 heteroatoms. The molecule has 84 valence electrons. The molecule has 0 saturated heterocycles. The Morgan fingerprint density at radius 1 is 1.44 bits per heavy atom. The van der Waals surface area contributed by atoms with Gasteiger partial charge in [-0.1, -0.05) is 0 Å². The highest BCUT2D eigenvalue weighted by Gasteiger charge is 2.14. The summed E-state index contributed by atoms with van der Waals surface area (Å²) in [6.45, 7) is 0. The van der Waals surface area contributed by atoms with Crippen molar-refractivity contribution in [3.8, 4) is 5.75 Å². The van der Waals surface area contributed by atoms with Crippen LogP contribution in [-0.4, -0.2) is 38.1 Å². The Bertz CT molecular complexity index is 449. The number of methoxy groups -OCH3 is 1. The molecule has 0 fully saturated rings. The zero-order valence-electron chi connectivity index (χ0n) is 9.35. The molecule has 0 spiro atoms. The molecule has 0 aliphatic rings. The highest BCUT2D eigenvalue weighted by atomic mass is 16.5. The third-order valence-corrected chi connectivity index (χ3v) is 1.99. The van der Waals surface area contributed by atoms with Gasteiger partial charge in [0.2, 0.25) is 6.08 Å². The number of isocyanates is 1. The van der Waals surface area contributed by atoms with Crippen molar-refractivity contribution in [3.63, 3.8) is 0 Å². The van der Waals surface area contributed by atoms with Gasteiger partial charge in [0.15, 0.2) is 0 Å². The van der Waals surface area contributed by atoms with Gasteiger partial charge in [-0.3, -0.25) is 4.79 Å². The van der Waals surface area contributed by atoms with E-state index in [-0.39, 0.29) is 5.91 Å². The normalized spacial score (nSPS) is 9.19. The molecule has 0 aliphatic carbocycles. The second-order valence-electron chi connectivity index (χ2n) is 3.29. The van der Waals surface area contributed by atoms with Gasteiger partial charge in [0.25, 0.3) is 5.91 Å². The molecule has 0 heterocycles. The van der Waals surface area contributed by atoms with Crippen LogP contribution >= 0.6 is 0 Å². The lowest BCUT2D eigenvalue weighted by Crippen LogP contribution is -2.22. The number of rotatable bonds is 3. The van der Waals surface area contributed by atoms with Crippen molar-refractivity contribution in [2.45, 2.75) is 0 Å². The van der Waals surface area contributed by atoms with E-state index in [0.717, 1.165) is 0 Å². The molecule has 0 atom stereocenters. The third-order valence-electron chi connectivity index (χ3n) is 1.99. The van der Waals surface area contributed by atoms with Crippen LogP contribution in [0.2, 0.25) is 0 Å². The topological polar surface area (TPSA) is 59.0 Å². The van der Waals surface area contributed by atoms with Crippen LogP contribution < -0.4 is 4.74 Å². The Balaban J connectivity index is 3.26. The summed E-state index contributed by atoms with van der Waals surface area (Å²) >= 11 is 0. The van der Waals surface area contributed by atoms with Gasteiger partial charge in [-0.25, -0.2) is 4.79 Å². The van der Waals surface area contributed by atoms with E-state index < -0.39 is 0 Å². The van der Waals surface area contributed by atoms with Crippen LogP contribution in [0.1, 0.15) is 10.4 Å². The fourth-order valence-electron chi connectivity index (χ4n) is 1.23. The summed E-state index contributed by atoms with van der Waals surface area (Å²) in [7, 11) is 4.75. The quantitative estimate of drug-likeness (QED) is 0.571. The Morgan fingerprint density at radius 2 is 2.12 bits per heavy atom. The lowest BCUT2D eigenvalue weighted by atomic mass is 10.1. The molecule has 1 amide bonds. The molecule has 0 bridgehead atoms. The number of amides is 1. The van der Waals surface area contributed by atoms with Gasteiger partial charge in [-0.15, -0.1) is 0 Å². The fraction of sp³-hybridized carbons (Fsp3) is 0.273. The molecule has 16 heavy (non-hydrogen) atoms. The predicted octanol–water partition coefficient (Wildman–Crippen LogP) is 1.36. The molecule has 0 aromatic heterocycles. The van der Waals surface area contributed by atoms with E-state index in [1.165, 1.54) is 24.2 Å². The van der Waals surface area contributed by atoms with E-state index in [1.807, 2.05) is 0 Å². The van der Waals surface area contributed by atoms with E-state index in [0.29, 0.717) is 17.0 Å². The van der Waals surface area contributed by atoms with Crippen molar-refractivity contribution in [2.75, 3.05) is 21.2 Å². The number of hydrogen-bond acceptors (Lipinski definition) is 4. The van der Waals surface area contributed by atoms with Gasteiger partial charge in [0.1, 0.15) is 5.75 Å². The first-order valence-electron chi connectivity index (χ1n) is 4.57. The smallest absolute Gasteiger partial charge is 0.257 e. The maximum atomic E-state index is 11.8. The van der Waals surface area contributed by atoms with Crippen LogP contribution in [0, 0.1) is 0 Å². The summed E-state index contributed by atoms with van der Waals surface area (Å²) < 4.78 is 5.06. The monoisotopic (exact) mass is 220 g/mol. The fourth-order valence-corrected chi connectivity index (χ4v) is 1.23. The van der Waals surface area contributed by atoms with Crippen molar-refractivity contribution in [2.24, 2.45) is 4.99 Å². The van der Waals surface area contributed by atoms with Crippen LogP contribution in [0.3, 0.4) is 0 Å². The van der Waals surface area contributed by atoms with Crippen molar-refractivity contribution in [1.82, 2.24) is 4.90 Å². The van der Waals surface area contributed by atoms with Gasteiger partial charge in [0, 0.05) is 14.1 Å². The first-order valence-corrected chi connectivity index (χ1v) is 4.57. The van der Waals surface area contributed by atoms with Gasteiger partial charge in [-0.2, -0.15) is 4.99 Å². The number of nitrogens with zero attached hydrogens (tertiary/aromatic N) is 2. The third kappa shape index (κ3) is 2.46. The zero-order valence-corrected chi connectivity index (χ0v) is 9.35. The van der Waals surface area contributed by atoms with Gasteiger partial charge in [0.05, 0.1) is 18.4 Å². The Kier molecular flexibility index (Phi) is 3.80. The summed E-state index contributed by atoms with van der Waals surface area (Å²) in [5.41, 5.74) is 0.741. The number of carbonyl (C=O) groups excluding carboxylic acids is 2. The first-order chi connectivity index (χ1) is 7.60. The summed E-state index contributed by atoms with van der Waals surface area (Å²) in [5.74, 6) is 0.239. The largest absolute Gasteiger partial charge is 0.496 e. The molecule has 0 radical (unpaired) electrons. The molecule has 1 aromatic rings. The Hall–Kier alpha value is -2.13. The highest BCUT2D eigenvalue weighted by molar-refractivity contribution is 5.97. The average molecular weight is 220 g/mol. The first kappa shape index (κ1) is 11.9. The van der Waals surface area contributed by atoms with Crippen molar-refractivity contribution in [3.05, 3.63) is 23.8 Å². The molecule has 0 N–H and O–H groups in total. The van der Waals surface area contributed by atoms with E-state index >= 15 is 0 Å². The summed E-state index contributed by atoms with van der Waals surface area (Å²) in [6, 6.07) is 4.66. The van der Waals surface area contributed by atoms with Crippen molar-refractivity contribution in [1.29, 1.82) is 0 Å². The second kappa shape index (κ2) is 5.09. The summed E-state index contributed by atoms with van der Waals surface area (Å²) in [6.07, 6.45) is 1.43. The van der Waals surface area contributed by atoms with E-state index in [1.54, 1.807) is 26.2 Å². The van der Waals surface area contributed by atoms with Gasteiger partial charge < -0.3 is 9.64 Å². The standard InChI is InChI=1S/C11H12N2O3/c1-13(2)11(15)9-6-8(12-7-14)4-5-10(9)16-3/h4-6H,1-3H3. The number of carbonyl (C=O) groups is 1. The van der Waals surface area contributed by atoms with Crippen LogP contribution in [0.5, 0.6) is 5.75 Å². The highest BCUT2D eigenvalue weighted by Crippen LogP contribution is 2.24. The minimum absolute atomic E-state index is 0.209. The molecular weight excluding hydrogens is 208 g/mol. The maximum absolute atomic E-state index is 11.8. The maximum Gasteiger partial charge on any atom is 0.257 e. The predicted molar refractivity (Wildman–Crippen MR) is 58.8 cm³/mol. The second-order valence-corrected chi connectivity index (χ2v) is 3.29. The molecule has 0 saturated carbocycles. The molecule has 0 unspecified atom stereocenters. The van der Waals surface area contributed by atoms with E-state index in [2.05, 4.69) is 4.99 Å². The molecular formula is C11H12N2O3. The Morgan fingerprint density at radius 3 is 2.62 bits per heavy atom. The van der Waals surface area contributed by atoms with Crippen LogP contribution in [0.15, 0.2) is 23.2 Å². The SMILES string of the molecule is COc1ccc(N=C=O)cc1C(=O)N(C)C. The molecule has 1 rings (SSSR count). The van der Waals surface area contributed by atoms with Crippen LogP contribution in [-0.2, 0) is 4.79 Å². The van der Waals surface area contributed by atoms with Gasteiger partial charge in [-0.05, 0) is 18.2 Å². The van der Waals surface area contributed by atoms with Crippen LogP contribution in [0.25, 0.3) is 0 Å². The minimum atomic E-state index is -0.209. The van der Waals surface area contributed by atoms with E-state index in [4.69, 9.17) is 4.74 Å².